The highest BCUT2D eigenvalue weighted by Crippen LogP contribution is 2.28. The largest absolute Gasteiger partial charge is 0.370 e. The quantitative estimate of drug-likeness (QED) is 0.868. The van der Waals surface area contributed by atoms with E-state index in [1.807, 2.05) is 0 Å². The summed E-state index contributed by atoms with van der Waals surface area (Å²) >= 11 is 0. The lowest BCUT2D eigenvalue weighted by Gasteiger charge is -2.24. The summed E-state index contributed by atoms with van der Waals surface area (Å²) in [6.45, 7) is 0. The van der Waals surface area contributed by atoms with Crippen LogP contribution in [0.3, 0.4) is 0 Å². The van der Waals surface area contributed by atoms with Crippen LogP contribution in [-0.2, 0) is 0 Å². The summed E-state index contributed by atoms with van der Waals surface area (Å²) in [6.07, 6.45) is 7.29. The van der Waals surface area contributed by atoms with Gasteiger partial charge in [0.2, 0.25) is 0 Å². The third-order valence-electron chi connectivity index (χ3n) is 3.63. The Morgan fingerprint density at radius 2 is 1.89 bits per heavy atom. The minimum atomic E-state index is -0.249. The molecule has 0 spiro atoms. The molecule has 1 saturated carbocycles. The van der Waals surface area contributed by atoms with Crippen molar-refractivity contribution < 1.29 is 4.39 Å². The Balaban J connectivity index is 1.88. The molecule has 2 nitrogen and oxygen atoms in total. The summed E-state index contributed by atoms with van der Waals surface area (Å²) in [4.78, 5) is 0. The predicted octanol–water partition coefficient (Wildman–Crippen LogP) is 4.10. The number of benzene rings is 1. The molecule has 1 unspecified atom stereocenters. The molecule has 0 saturated heterocycles. The van der Waals surface area contributed by atoms with Crippen molar-refractivity contribution in [2.75, 3.05) is 5.32 Å². The zero-order valence-corrected chi connectivity index (χ0v) is 10.5. The van der Waals surface area contributed by atoms with E-state index in [9.17, 15) is 9.65 Å². The van der Waals surface area contributed by atoms with Gasteiger partial charge in [0.15, 0.2) is 0 Å². The van der Waals surface area contributed by atoms with Gasteiger partial charge in [0, 0.05) is 5.69 Å². The first-order valence-corrected chi connectivity index (χ1v) is 6.69. The van der Waals surface area contributed by atoms with E-state index < -0.39 is 0 Å². The number of hydrogen-bond acceptors (Lipinski definition) is 2. The van der Waals surface area contributed by atoms with Gasteiger partial charge in [-0.25, -0.2) is 4.39 Å². The predicted molar refractivity (Wildman–Crippen MR) is 70.6 cm³/mol. The van der Waals surface area contributed by atoms with Gasteiger partial charge in [-0.15, -0.1) is 0 Å². The number of anilines is 1. The van der Waals surface area contributed by atoms with Gasteiger partial charge >= 0.3 is 0 Å². The molecule has 1 atom stereocenters. The average molecular weight is 246 g/mol. The van der Waals surface area contributed by atoms with Gasteiger partial charge in [0.05, 0.1) is 6.07 Å². The highest BCUT2D eigenvalue weighted by molar-refractivity contribution is 5.45. The Kier molecular flexibility index (Phi) is 4.58. The van der Waals surface area contributed by atoms with Gasteiger partial charge in [-0.1, -0.05) is 32.1 Å². The summed E-state index contributed by atoms with van der Waals surface area (Å²) in [6, 6.07) is 8.33. The Morgan fingerprint density at radius 3 is 2.50 bits per heavy atom. The van der Waals surface area contributed by atoms with Crippen molar-refractivity contribution in [2.45, 2.75) is 44.6 Å². The van der Waals surface area contributed by atoms with Gasteiger partial charge in [0.25, 0.3) is 0 Å². The Labute approximate surface area is 108 Å². The van der Waals surface area contributed by atoms with E-state index in [4.69, 9.17) is 0 Å². The highest BCUT2D eigenvalue weighted by atomic mass is 19.1. The topological polar surface area (TPSA) is 35.8 Å². The van der Waals surface area contributed by atoms with E-state index in [1.54, 1.807) is 12.1 Å². The second-order valence-corrected chi connectivity index (χ2v) is 5.07. The molecule has 1 aliphatic rings. The number of nitrogens with zero attached hydrogens (tertiary/aromatic N) is 1. The first-order valence-electron chi connectivity index (χ1n) is 6.69. The van der Waals surface area contributed by atoms with E-state index in [0.717, 1.165) is 12.1 Å². The van der Waals surface area contributed by atoms with Crippen LogP contribution in [0.15, 0.2) is 24.3 Å². The molecule has 0 amide bonds. The zero-order valence-electron chi connectivity index (χ0n) is 10.5. The van der Waals surface area contributed by atoms with Crippen molar-refractivity contribution in [2.24, 2.45) is 5.92 Å². The molecule has 1 aromatic rings. The smallest absolute Gasteiger partial charge is 0.123 e. The number of nitriles is 1. The van der Waals surface area contributed by atoms with Gasteiger partial charge in [0.1, 0.15) is 11.9 Å². The number of hydrogen-bond donors (Lipinski definition) is 1. The van der Waals surface area contributed by atoms with Crippen LogP contribution in [0.1, 0.15) is 38.5 Å². The first kappa shape index (κ1) is 12.9. The van der Waals surface area contributed by atoms with Crippen LogP contribution in [-0.4, -0.2) is 6.04 Å². The molecule has 0 aromatic heterocycles. The maximum absolute atomic E-state index is 12.8. The van der Waals surface area contributed by atoms with Crippen LogP contribution in [0.2, 0.25) is 0 Å². The van der Waals surface area contributed by atoms with Crippen molar-refractivity contribution >= 4 is 5.69 Å². The SMILES string of the molecule is N#CC(CC1CCCCC1)Nc1ccc(F)cc1. The standard InChI is InChI=1S/C15H19FN2/c16-13-6-8-14(9-7-13)18-15(11-17)10-12-4-2-1-3-5-12/h6-9,12,15,18H,1-5,10H2. The molecule has 96 valence electrons. The van der Waals surface area contributed by atoms with Crippen LogP contribution in [0.4, 0.5) is 10.1 Å². The molecule has 0 aliphatic heterocycles. The van der Waals surface area contributed by atoms with E-state index >= 15 is 0 Å². The van der Waals surface area contributed by atoms with Crippen molar-refractivity contribution in [3.63, 3.8) is 0 Å². The summed E-state index contributed by atoms with van der Waals surface area (Å²) in [5.41, 5.74) is 0.818. The lowest BCUT2D eigenvalue weighted by Crippen LogP contribution is -2.22. The second kappa shape index (κ2) is 6.39. The third kappa shape index (κ3) is 3.73. The lowest BCUT2D eigenvalue weighted by atomic mass is 9.85. The van der Waals surface area contributed by atoms with E-state index in [0.29, 0.717) is 5.92 Å². The van der Waals surface area contributed by atoms with Crippen LogP contribution in [0.25, 0.3) is 0 Å². The fourth-order valence-corrected chi connectivity index (χ4v) is 2.65. The van der Waals surface area contributed by atoms with Crippen molar-refractivity contribution in [3.05, 3.63) is 30.1 Å². The fraction of sp³-hybridized carbons (Fsp3) is 0.533. The van der Waals surface area contributed by atoms with Crippen LogP contribution >= 0.6 is 0 Å². The van der Waals surface area contributed by atoms with Crippen LogP contribution < -0.4 is 5.32 Å². The lowest BCUT2D eigenvalue weighted by molar-refractivity contribution is 0.335. The number of rotatable bonds is 4. The Bertz CT molecular complexity index is 401. The van der Waals surface area contributed by atoms with Gasteiger partial charge < -0.3 is 5.32 Å². The Hall–Kier alpha value is -1.56. The molecule has 1 N–H and O–H groups in total. The minimum absolute atomic E-state index is 0.168. The number of halogens is 1. The van der Waals surface area contributed by atoms with Crippen molar-refractivity contribution in [1.29, 1.82) is 5.26 Å². The summed E-state index contributed by atoms with van der Waals surface area (Å²) in [5.74, 6) is 0.415. The monoisotopic (exact) mass is 246 g/mol. The maximum Gasteiger partial charge on any atom is 0.123 e. The second-order valence-electron chi connectivity index (χ2n) is 5.07. The fourth-order valence-electron chi connectivity index (χ4n) is 2.65. The molecular weight excluding hydrogens is 227 g/mol. The van der Waals surface area contributed by atoms with Gasteiger partial charge in [-0.2, -0.15) is 5.26 Å². The minimum Gasteiger partial charge on any atom is -0.370 e. The summed E-state index contributed by atoms with van der Waals surface area (Å²) < 4.78 is 12.8. The van der Waals surface area contributed by atoms with E-state index in [-0.39, 0.29) is 11.9 Å². The molecule has 18 heavy (non-hydrogen) atoms. The van der Waals surface area contributed by atoms with Crippen molar-refractivity contribution in [3.8, 4) is 6.07 Å². The summed E-state index contributed by atoms with van der Waals surface area (Å²) in [5, 5.41) is 12.4. The molecule has 2 rings (SSSR count). The van der Waals surface area contributed by atoms with Crippen LogP contribution in [0, 0.1) is 23.1 Å². The van der Waals surface area contributed by atoms with Gasteiger partial charge in [-0.3, -0.25) is 0 Å². The normalized spacial score (nSPS) is 18.0. The first-order chi connectivity index (χ1) is 8.78. The molecule has 0 radical (unpaired) electrons. The molecule has 1 aliphatic carbocycles. The molecule has 1 fully saturated rings. The Morgan fingerprint density at radius 1 is 1.22 bits per heavy atom. The molecule has 1 aromatic carbocycles. The van der Waals surface area contributed by atoms with E-state index in [2.05, 4.69) is 11.4 Å². The molecule has 0 bridgehead atoms. The van der Waals surface area contributed by atoms with Gasteiger partial charge in [-0.05, 0) is 36.6 Å². The summed E-state index contributed by atoms with van der Waals surface area (Å²) in [7, 11) is 0. The van der Waals surface area contributed by atoms with Crippen LogP contribution in [0.5, 0.6) is 0 Å². The molecule has 3 heteroatoms. The van der Waals surface area contributed by atoms with Crippen molar-refractivity contribution in [1.82, 2.24) is 0 Å². The molecule has 0 heterocycles. The average Bonchev–Trinajstić information content (AvgIpc) is 2.41. The zero-order chi connectivity index (χ0) is 12.8. The third-order valence-corrected chi connectivity index (χ3v) is 3.63. The molecular formula is C15H19FN2. The number of nitrogens with one attached hydrogen (secondary N) is 1. The highest BCUT2D eigenvalue weighted by Gasteiger charge is 2.18. The van der Waals surface area contributed by atoms with E-state index in [1.165, 1.54) is 44.2 Å². The maximum atomic E-state index is 12.8.